The van der Waals surface area contributed by atoms with Crippen LogP contribution in [-0.4, -0.2) is 63.0 Å². The quantitative estimate of drug-likeness (QED) is 0.0770. The molecular weight excluding hydrogens is 600 g/mol. The maximum absolute atomic E-state index is 12.7. The summed E-state index contributed by atoms with van der Waals surface area (Å²) >= 11 is 0. The van der Waals surface area contributed by atoms with E-state index >= 15 is 0 Å². The molecule has 0 saturated carbocycles. The van der Waals surface area contributed by atoms with E-state index in [1.165, 1.54) is 36.4 Å². The summed E-state index contributed by atoms with van der Waals surface area (Å²) < 4.78 is 31.2. The number of benzene rings is 3. The van der Waals surface area contributed by atoms with Crippen LogP contribution < -0.4 is 29.6 Å². The number of ether oxygens (including phenoxy) is 6. The van der Waals surface area contributed by atoms with E-state index in [9.17, 15) is 24.0 Å². The highest BCUT2D eigenvalue weighted by Gasteiger charge is 2.14. The zero-order chi connectivity index (χ0) is 33.3. The van der Waals surface area contributed by atoms with E-state index in [0.29, 0.717) is 23.4 Å². The molecule has 0 spiro atoms. The number of amides is 1. The predicted octanol–water partition coefficient (Wildman–Crippen LogP) is 3.91. The highest BCUT2D eigenvalue weighted by atomic mass is 16.6. The summed E-state index contributed by atoms with van der Waals surface area (Å²) in [4.78, 5) is 59.1. The van der Waals surface area contributed by atoms with E-state index in [-0.39, 0.29) is 49.3 Å². The van der Waals surface area contributed by atoms with Gasteiger partial charge in [0.25, 0.3) is 0 Å². The first-order valence-corrected chi connectivity index (χ1v) is 13.8. The SMILES string of the molecule is C=CC(=O)OCCNCOc1ccc(C(=O)Oc2ccc(OC(=O)c3ccc(OC(=O)NCCOC(=O)C=C)cc3)c(C)c2)cc1. The van der Waals surface area contributed by atoms with Crippen LogP contribution in [-0.2, 0) is 19.1 Å². The van der Waals surface area contributed by atoms with Gasteiger partial charge in [-0.3, -0.25) is 5.32 Å². The lowest BCUT2D eigenvalue weighted by Crippen LogP contribution is -2.30. The summed E-state index contributed by atoms with van der Waals surface area (Å²) in [6.45, 7) is 9.02. The molecular formula is C33H32N2O11. The molecule has 0 fully saturated rings. The van der Waals surface area contributed by atoms with Crippen molar-refractivity contribution in [2.45, 2.75) is 6.92 Å². The van der Waals surface area contributed by atoms with Gasteiger partial charge in [-0.05, 0) is 79.2 Å². The highest BCUT2D eigenvalue weighted by molar-refractivity contribution is 5.92. The summed E-state index contributed by atoms with van der Waals surface area (Å²) in [5, 5.41) is 5.36. The number of rotatable bonds is 16. The monoisotopic (exact) mass is 632 g/mol. The normalized spacial score (nSPS) is 10.1. The zero-order valence-corrected chi connectivity index (χ0v) is 24.9. The van der Waals surface area contributed by atoms with Crippen LogP contribution in [0.25, 0.3) is 0 Å². The first-order chi connectivity index (χ1) is 22.2. The van der Waals surface area contributed by atoms with Crippen LogP contribution in [0.3, 0.4) is 0 Å². The van der Waals surface area contributed by atoms with Crippen LogP contribution in [0.5, 0.6) is 23.0 Å². The molecule has 0 unspecified atom stereocenters. The minimum atomic E-state index is -0.765. The second-order valence-corrected chi connectivity index (χ2v) is 9.10. The minimum Gasteiger partial charge on any atom is -0.478 e. The number of aryl methyl sites for hydroxylation is 1. The van der Waals surface area contributed by atoms with Crippen LogP contribution >= 0.6 is 0 Å². The van der Waals surface area contributed by atoms with Gasteiger partial charge in [-0.2, -0.15) is 0 Å². The Kier molecular flexibility index (Phi) is 13.5. The molecule has 2 N–H and O–H groups in total. The fraction of sp³-hybridized carbons (Fsp3) is 0.182. The molecule has 46 heavy (non-hydrogen) atoms. The zero-order valence-electron chi connectivity index (χ0n) is 24.9. The lowest BCUT2D eigenvalue weighted by atomic mass is 10.2. The van der Waals surface area contributed by atoms with Crippen molar-refractivity contribution in [1.29, 1.82) is 0 Å². The minimum absolute atomic E-state index is 0.0437. The van der Waals surface area contributed by atoms with Gasteiger partial charge in [-0.1, -0.05) is 13.2 Å². The predicted molar refractivity (Wildman–Crippen MR) is 164 cm³/mol. The first-order valence-electron chi connectivity index (χ1n) is 13.8. The third-order valence-electron chi connectivity index (χ3n) is 5.76. The molecule has 0 aromatic heterocycles. The van der Waals surface area contributed by atoms with Crippen LogP contribution in [0, 0.1) is 6.92 Å². The number of carbonyl (C=O) groups excluding carboxylic acids is 5. The third-order valence-corrected chi connectivity index (χ3v) is 5.76. The van der Waals surface area contributed by atoms with Crippen LogP contribution in [0.1, 0.15) is 26.3 Å². The van der Waals surface area contributed by atoms with Crippen molar-refractivity contribution in [3.8, 4) is 23.0 Å². The number of nitrogens with one attached hydrogen (secondary N) is 2. The van der Waals surface area contributed by atoms with Crippen molar-refractivity contribution in [1.82, 2.24) is 10.6 Å². The highest BCUT2D eigenvalue weighted by Crippen LogP contribution is 2.25. The maximum atomic E-state index is 12.7. The van der Waals surface area contributed by atoms with E-state index in [0.717, 1.165) is 12.2 Å². The lowest BCUT2D eigenvalue weighted by Gasteiger charge is -2.11. The summed E-state index contributed by atoms with van der Waals surface area (Å²) in [6, 6.07) is 16.6. The van der Waals surface area contributed by atoms with Gasteiger partial charge in [0.05, 0.1) is 17.7 Å². The van der Waals surface area contributed by atoms with Crippen molar-refractivity contribution >= 4 is 30.0 Å². The lowest BCUT2D eigenvalue weighted by molar-refractivity contribution is -0.138. The molecule has 0 bridgehead atoms. The Bertz CT molecular complexity index is 1550. The number of hydrogen-bond donors (Lipinski definition) is 2. The molecule has 13 heteroatoms. The van der Waals surface area contributed by atoms with Crippen LogP contribution in [0.15, 0.2) is 92.0 Å². The second-order valence-electron chi connectivity index (χ2n) is 9.10. The average Bonchev–Trinajstić information content (AvgIpc) is 3.06. The van der Waals surface area contributed by atoms with Crippen LogP contribution in [0.2, 0.25) is 0 Å². The summed E-state index contributed by atoms with van der Waals surface area (Å²) in [7, 11) is 0. The van der Waals surface area contributed by atoms with Gasteiger partial charge >= 0.3 is 30.0 Å². The molecule has 0 aliphatic carbocycles. The molecule has 13 nitrogen and oxygen atoms in total. The maximum Gasteiger partial charge on any atom is 0.412 e. The van der Waals surface area contributed by atoms with E-state index in [1.807, 2.05) is 0 Å². The molecule has 3 aromatic carbocycles. The smallest absolute Gasteiger partial charge is 0.412 e. The van der Waals surface area contributed by atoms with Crippen molar-refractivity contribution in [2.24, 2.45) is 0 Å². The molecule has 0 atom stereocenters. The van der Waals surface area contributed by atoms with Gasteiger partial charge in [0.1, 0.15) is 42.9 Å². The van der Waals surface area contributed by atoms with E-state index < -0.39 is 30.0 Å². The average molecular weight is 633 g/mol. The Hall–Kier alpha value is -5.95. The van der Waals surface area contributed by atoms with E-state index in [4.69, 9.17) is 28.4 Å². The first kappa shape index (κ1) is 34.5. The number of hydrogen-bond acceptors (Lipinski definition) is 12. The Morgan fingerprint density at radius 3 is 1.80 bits per heavy atom. The topological polar surface area (TPSA) is 165 Å². The Balaban J connectivity index is 1.44. The van der Waals surface area contributed by atoms with Crippen molar-refractivity contribution in [2.75, 3.05) is 33.0 Å². The van der Waals surface area contributed by atoms with Gasteiger partial charge in [-0.25, -0.2) is 24.0 Å². The second kappa shape index (κ2) is 18.0. The van der Waals surface area contributed by atoms with Crippen molar-refractivity contribution < 1.29 is 52.4 Å². The van der Waals surface area contributed by atoms with Gasteiger partial charge in [-0.15, -0.1) is 0 Å². The Morgan fingerprint density at radius 1 is 0.674 bits per heavy atom. The number of esters is 4. The van der Waals surface area contributed by atoms with E-state index in [2.05, 4.69) is 23.8 Å². The largest absolute Gasteiger partial charge is 0.478 e. The van der Waals surface area contributed by atoms with Gasteiger partial charge in [0, 0.05) is 18.7 Å². The number of carbonyl (C=O) groups is 5. The van der Waals surface area contributed by atoms with Crippen molar-refractivity contribution in [3.05, 3.63) is 109 Å². The van der Waals surface area contributed by atoms with Gasteiger partial charge in [0.2, 0.25) is 0 Å². The van der Waals surface area contributed by atoms with Gasteiger partial charge < -0.3 is 33.7 Å². The molecule has 0 saturated heterocycles. The molecule has 0 heterocycles. The molecule has 3 aromatic rings. The van der Waals surface area contributed by atoms with Crippen LogP contribution in [0.4, 0.5) is 4.79 Å². The molecule has 240 valence electrons. The molecule has 3 rings (SSSR count). The summed E-state index contributed by atoms with van der Waals surface area (Å²) in [6.07, 6.45) is 1.33. The fourth-order valence-electron chi connectivity index (χ4n) is 3.47. The summed E-state index contributed by atoms with van der Waals surface area (Å²) in [5.74, 6) is -1.14. The van der Waals surface area contributed by atoms with E-state index in [1.54, 1.807) is 37.3 Å². The van der Waals surface area contributed by atoms with Crippen molar-refractivity contribution in [3.63, 3.8) is 0 Å². The molecule has 0 radical (unpaired) electrons. The molecule has 1 amide bonds. The fourth-order valence-corrected chi connectivity index (χ4v) is 3.47. The Labute approximate surface area is 264 Å². The molecule has 0 aliphatic heterocycles. The standard InChI is InChI=1S/C33H32N2O11/c1-4-29(36)41-18-16-34-21-43-25-10-6-23(7-11-25)31(38)44-27-14-15-28(22(3)20-27)46-32(39)24-8-12-26(13-9-24)45-33(40)35-17-19-42-30(37)5-2/h4-15,20,34H,1-2,16-19,21H2,3H3,(H,35,40). The van der Waals surface area contributed by atoms with Gasteiger partial charge in [0.15, 0.2) is 0 Å². The molecule has 0 aliphatic rings. The Morgan fingerprint density at radius 2 is 1.22 bits per heavy atom. The third kappa shape index (κ3) is 11.6. The summed E-state index contributed by atoms with van der Waals surface area (Å²) in [5.41, 5.74) is 1.05.